The van der Waals surface area contributed by atoms with Crippen LogP contribution in [-0.4, -0.2) is 16.1 Å². The van der Waals surface area contributed by atoms with E-state index in [1.54, 1.807) is 6.20 Å². The standard InChI is InChI=1S/C9H10BrNO2/c1-5(2)8-6(9(12)13)3-11-4-7(8)10/h3-5H,1-2H3,(H,12,13). The lowest BCUT2D eigenvalue weighted by Crippen LogP contribution is -2.05. The molecule has 0 saturated carbocycles. The lowest BCUT2D eigenvalue weighted by molar-refractivity contribution is 0.0694. The maximum atomic E-state index is 10.8. The fraction of sp³-hybridized carbons (Fsp3) is 0.333. The Morgan fingerprint density at radius 1 is 1.54 bits per heavy atom. The zero-order valence-corrected chi connectivity index (χ0v) is 9.00. The van der Waals surface area contributed by atoms with Crippen molar-refractivity contribution in [3.8, 4) is 0 Å². The fourth-order valence-corrected chi connectivity index (χ4v) is 1.99. The zero-order valence-electron chi connectivity index (χ0n) is 7.41. The predicted octanol–water partition coefficient (Wildman–Crippen LogP) is 2.67. The molecule has 13 heavy (non-hydrogen) atoms. The highest BCUT2D eigenvalue weighted by atomic mass is 79.9. The molecule has 0 radical (unpaired) electrons. The summed E-state index contributed by atoms with van der Waals surface area (Å²) in [5.74, 6) is -0.763. The van der Waals surface area contributed by atoms with Crippen molar-refractivity contribution in [1.82, 2.24) is 4.98 Å². The molecular formula is C9H10BrNO2. The van der Waals surface area contributed by atoms with Crippen LogP contribution in [0.5, 0.6) is 0 Å². The number of carbonyl (C=O) groups is 1. The smallest absolute Gasteiger partial charge is 0.337 e. The summed E-state index contributed by atoms with van der Waals surface area (Å²) in [6, 6.07) is 0. The van der Waals surface area contributed by atoms with Crippen molar-refractivity contribution in [2.75, 3.05) is 0 Å². The summed E-state index contributed by atoms with van der Waals surface area (Å²) in [5, 5.41) is 8.88. The SMILES string of the molecule is CC(C)c1c(Br)cncc1C(=O)O. The molecule has 0 atom stereocenters. The number of carboxylic acids is 1. The Kier molecular flexibility index (Phi) is 3.03. The van der Waals surface area contributed by atoms with Crippen LogP contribution in [0, 0.1) is 0 Å². The van der Waals surface area contributed by atoms with Crippen molar-refractivity contribution in [2.45, 2.75) is 19.8 Å². The van der Waals surface area contributed by atoms with Gasteiger partial charge in [0.1, 0.15) is 0 Å². The number of rotatable bonds is 2. The van der Waals surface area contributed by atoms with Gasteiger partial charge in [-0.3, -0.25) is 4.98 Å². The van der Waals surface area contributed by atoms with Gasteiger partial charge < -0.3 is 5.11 Å². The molecule has 0 fully saturated rings. The molecule has 1 N–H and O–H groups in total. The quantitative estimate of drug-likeness (QED) is 0.869. The molecule has 0 aliphatic rings. The Morgan fingerprint density at radius 3 is 2.54 bits per heavy atom. The highest BCUT2D eigenvalue weighted by Crippen LogP contribution is 2.26. The third kappa shape index (κ3) is 2.06. The summed E-state index contributed by atoms with van der Waals surface area (Å²) < 4.78 is 0.752. The summed E-state index contributed by atoms with van der Waals surface area (Å²) >= 11 is 3.29. The first-order chi connectivity index (χ1) is 6.04. The van der Waals surface area contributed by atoms with E-state index in [1.165, 1.54) is 6.20 Å². The third-order valence-electron chi connectivity index (χ3n) is 1.75. The Bertz CT molecular complexity index is 336. The molecule has 0 aliphatic carbocycles. The van der Waals surface area contributed by atoms with Crippen molar-refractivity contribution >= 4 is 21.9 Å². The van der Waals surface area contributed by atoms with Gasteiger partial charge in [0.25, 0.3) is 0 Å². The lowest BCUT2D eigenvalue weighted by atomic mass is 9.99. The van der Waals surface area contributed by atoms with Crippen LogP contribution in [0.1, 0.15) is 35.7 Å². The average Bonchev–Trinajstić information content (AvgIpc) is 2.02. The number of halogens is 1. The van der Waals surface area contributed by atoms with Crippen LogP contribution < -0.4 is 0 Å². The summed E-state index contributed by atoms with van der Waals surface area (Å²) in [4.78, 5) is 14.6. The van der Waals surface area contributed by atoms with E-state index < -0.39 is 5.97 Å². The molecule has 0 saturated heterocycles. The van der Waals surface area contributed by atoms with Crippen molar-refractivity contribution in [3.63, 3.8) is 0 Å². The van der Waals surface area contributed by atoms with Gasteiger partial charge in [0.05, 0.1) is 5.56 Å². The predicted molar refractivity (Wildman–Crippen MR) is 53.0 cm³/mol. The van der Waals surface area contributed by atoms with E-state index in [0.29, 0.717) is 0 Å². The molecule has 0 unspecified atom stereocenters. The van der Waals surface area contributed by atoms with Gasteiger partial charge in [-0.05, 0) is 27.4 Å². The van der Waals surface area contributed by atoms with Gasteiger partial charge >= 0.3 is 5.97 Å². The summed E-state index contributed by atoms with van der Waals surface area (Å²) in [6.07, 6.45) is 2.99. The van der Waals surface area contributed by atoms with Gasteiger partial charge in [0, 0.05) is 16.9 Å². The molecule has 4 heteroatoms. The highest BCUT2D eigenvalue weighted by Gasteiger charge is 2.15. The van der Waals surface area contributed by atoms with Crippen LogP contribution in [0.4, 0.5) is 0 Å². The Hall–Kier alpha value is -0.900. The van der Waals surface area contributed by atoms with Crippen LogP contribution in [-0.2, 0) is 0 Å². The molecule has 1 rings (SSSR count). The van der Waals surface area contributed by atoms with E-state index in [0.717, 1.165) is 10.0 Å². The molecule has 1 heterocycles. The molecule has 0 amide bonds. The molecule has 0 spiro atoms. The molecule has 70 valence electrons. The minimum Gasteiger partial charge on any atom is -0.478 e. The van der Waals surface area contributed by atoms with Gasteiger partial charge in [-0.25, -0.2) is 4.79 Å². The number of nitrogens with zero attached hydrogens (tertiary/aromatic N) is 1. The Labute approximate surface area is 84.9 Å². The highest BCUT2D eigenvalue weighted by molar-refractivity contribution is 9.10. The molecule has 0 aromatic carbocycles. The first-order valence-corrected chi connectivity index (χ1v) is 4.70. The first-order valence-electron chi connectivity index (χ1n) is 3.90. The van der Waals surface area contributed by atoms with Crippen molar-refractivity contribution < 1.29 is 9.90 Å². The minimum absolute atomic E-state index is 0.170. The van der Waals surface area contributed by atoms with Gasteiger partial charge in [0.2, 0.25) is 0 Å². The second-order valence-corrected chi connectivity index (χ2v) is 3.90. The molecule has 3 nitrogen and oxygen atoms in total. The molecule has 0 bridgehead atoms. The number of aromatic carboxylic acids is 1. The third-order valence-corrected chi connectivity index (χ3v) is 2.38. The largest absolute Gasteiger partial charge is 0.478 e. The number of aromatic nitrogens is 1. The van der Waals surface area contributed by atoms with Crippen LogP contribution in [0.3, 0.4) is 0 Å². The van der Waals surface area contributed by atoms with Gasteiger partial charge in [-0.1, -0.05) is 13.8 Å². The lowest BCUT2D eigenvalue weighted by Gasteiger charge is -2.10. The number of hydrogen-bond acceptors (Lipinski definition) is 2. The number of carboxylic acid groups (broad SMARTS) is 1. The first kappa shape index (κ1) is 10.2. The van der Waals surface area contributed by atoms with Crippen LogP contribution in [0.2, 0.25) is 0 Å². The van der Waals surface area contributed by atoms with Crippen LogP contribution >= 0.6 is 15.9 Å². The summed E-state index contributed by atoms with van der Waals surface area (Å²) in [6.45, 7) is 3.90. The Balaban J connectivity index is 3.34. The summed E-state index contributed by atoms with van der Waals surface area (Å²) in [5.41, 5.74) is 1.06. The normalized spacial score (nSPS) is 10.5. The maximum absolute atomic E-state index is 10.8. The summed E-state index contributed by atoms with van der Waals surface area (Å²) in [7, 11) is 0. The van der Waals surface area contributed by atoms with Gasteiger partial charge in [0.15, 0.2) is 0 Å². The Morgan fingerprint density at radius 2 is 2.15 bits per heavy atom. The molecular weight excluding hydrogens is 234 g/mol. The maximum Gasteiger partial charge on any atom is 0.337 e. The van der Waals surface area contributed by atoms with Crippen LogP contribution in [0.15, 0.2) is 16.9 Å². The van der Waals surface area contributed by atoms with E-state index in [-0.39, 0.29) is 11.5 Å². The molecule has 0 aliphatic heterocycles. The molecule has 1 aromatic heterocycles. The van der Waals surface area contributed by atoms with E-state index in [1.807, 2.05) is 13.8 Å². The van der Waals surface area contributed by atoms with E-state index >= 15 is 0 Å². The van der Waals surface area contributed by atoms with Crippen LogP contribution in [0.25, 0.3) is 0 Å². The molecule has 1 aromatic rings. The number of hydrogen-bond donors (Lipinski definition) is 1. The monoisotopic (exact) mass is 243 g/mol. The topological polar surface area (TPSA) is 50.2 Å². The van der Waals surface area contributed by atoms with Gasteiger partial charge in [-0.2, -0.15) is 0 Å². The zero-order chi connectivity index (χ0) is 10.0. The van der Waals surface area contributed by atoms with E-state index in [4.69, 9.17) is 5.11 Å². The minimum atomic E-state index is -0.933. The van der Waals surface area contributed by atoms with Crippen molar-refractivity contribution in [1.29, 1.82) is 0 Å². The van der Waals surface area contributed by atoms with E-state index in [2.05, 4.69) is 20.9 Å². The van der Waals surface area contributed by atoms with Crippen molar-refractivity contribution in [3.05, 3.63) is 28.0 Å². The fourth-order valence-electron chi connectivity index (χ4n) is 1.20. The van der Waals surface area contributed by atoms with Crippen molar-refractivity contribution in [2.24, 2.45) is 0 Å². The van der Waals surface area contributed by atoms with E-state index in [9.17, 15) is 4.79 Å². The average molecular weight is 244 g/mol. The number of pyridine rings is 1. The second-order valence-electron chi connectivity index (χ2n) is 3.04. The second kappa shape index (κ2) is 3.87. The van der Waals surface area contributed by atoms with Gasteiger partial charge in [-0.15, -0.1) is 0 Å².